The van der Waals surface area contributed by atoms with E-state index in [1.165, 1.54) is 14.2 Å². The van der Waals surface area contributed by atoms with Crippen molar-refractivity contribution in [3.8, 4) is 5.75 Å². The Morgan fingerprint density at radius 2 is 2.00 bits per heavy atom. The minimum atomic E-state index is -0.705. The standard InChI is InChI=1S/C15H21ClN2O4/c1-5-9(2)13(14(19)22-4)18-15(20)17-10-6-7-12(21-3)11(16)8-10/h6-9,13H,5H2,1-4H3,(H2,17,18,20)/t9-,13+/m1/s1. The Hall–Kier alpha value is -1.95. The SMILES string of the molecule is CC[C@@H](C)[C@H](NC(=O)Nc1ccc(OC)c(Cl)c1)C(=O)OC. The van der Waals surface area contributed by atoms with Crippen LogP contribution in [0.2, 0.25) is 5.02 Å². The molecule has 2 amide bonds. The summed E-state index contributed by atoms with van der Waals surface area (Å²) >= 11 is 5.99. The van der Waals surface area contributed by atoms with Gasteiger partial charge in [0.25, 0.3) is 0 Å². The summed E-state index contributed by atoms with van der Waals surface area (Å²) < 4.78 is 9.76. The van der Waals surface area contributed by atoms with E-state index in [1.54, 1.807) is 18.2 Å². The van der Waals surface area contributed by atoms with Crippen LogP contribution in [0, 0.1) is 5.92 Å². The highest BCUT2D eigenvalue weighted by atomic mass is 35.5. The van der Waals surface area contributed by atoms with E-state index in [2.05, 4.69) is 10.6 Å². The molecule has 0 unspecified atom stereocenters. The molecule has 0 aliphatic carbocycles. The van der Waals surface area contributed by atoms with E-state index < -0.39 is 18.0 Å². The predicted molar refractivity (Wildman–Crippen MR) is 85.4 cm³/mol. The first-order valence-corrected chi connectivity index (χ1v) is 7.29. The zero-order valence-electron chi connectivity index (χ0n) is 13.1. The Morgan fingerprint density at radius 3 is 2.50 bits per heavy atom. The molecular formula is C15H21ClN2O4. The Kier molecular flexibility index (Phi) is 6.98. The molecule has 2 N–H and O–H groups in total. The normalized spacial score (nSPS) is 13.0. The van der Waals surface area contributed by atoms with Gasteiger partial charge in [0.1, 0.15) is 11.8 Å². The third-order valence-electron chi connectivity index (χ3n) is 3.36. The molecule has 2 atom stereocenters. The van der Waals surface area contributed by atoms with Crippen LogP contribution in [0.4, 0.5) is 10.5 Å². The first-order valence-electron chi connectivity index (χ1n) is 6.91. The second kappa shape index (κ2) is 8.48. The Bertz CT molecular complexity index is 536. The maximum atomic E-state index is 12.0. The fourth-order valence-electron chi connectivity index (χ4n) is 1.85. The van der Waals surface area contributed by atoms with E-state index in [0.29, 0.717) is 16.5 Å². The van der Waals surface area contributed by atoms with Crippen LogP contribution in [0.25, 0.3) is 0 Å². The van der Waals surface area contributed by atoms with Gasteiger partial charge in [0.05, 0.1) is 19.2 Å². The molecule has 6 nitrogen and oxygen atoms in total. The lowest BCUT2D eigenvalue weighted by atomic mass is 9.99. The van der Waals surface area contributed by atoms with Crippen LogP contribution >= 0.6 is 11.6 Å². The van der Waals surface area contributed by atoms with E-state index in [9.17, 15) is 9.59 Å². The predicted octanol–water partition coefficient (Wildman–Crippen LogP) is 3.06. The molecule has 0 bridgehead atoms. The molecule has 0 heterocycles. The van der Waals surface area contributed by atoms with Crippen molar-refractivity contribution in [3.05, 3.63) is 23.2 Å². The van der Waals surface area contributed by atoms with Gasteiger partial charge in [-0.1, -0.05) is 31.9 Å². The Morgan fingerprint density at radius 1 is 1.32 bits per heavy atom. The van der Waals surface area contributed by atoms with Gasteiger partial charge in [-0.05, 0) is 24.1 Å². The lowest BCUT2D eigenvalue weighted by Crippen LogP contribution is -2.47. The van der Waals surface area contributed by atoms with Crippen molar-refractivity contribution in [1.29, 1.82) is 0 Å². The van der Waals surface area contributed by atoms with Crippen LogP contribution in [0.15, 0.2) is 18.2 Å². The second-order valence-electron chi connectivity index (χ2n) is 4.83. The molecule has 0 spiro atoms. The second-order valence-corrected chi connectivity index (χ2v) is 5.24. The number of carbonyl (C=O) groups is 2. The lowest BCUT2D eigenvalue weighted by Gasteiger charge is -2.22. The molecule has 0 saturated heterocycles. The van der Waals surface area contributed by atoms with Crippen molar-refractivity contribution < 1.29 is 19.1 Å². The average molecular weight is 329 g/mol. The zero-order chi connectivity index (χ0) is 16.7. The molecule has 22 heavy (non-hydrogen) atoms. The zero-order valence-corrected chi connectivity index (χ0v) is 13.9. The fourth-order valence-corrected chi connectivity index (χ4v) is 2.11. The summed E-state index contributed by atoms with van der Waals surface area (Å²) in [7, 11) is 2.80. The van der Waals surface area contributed by atoms with E-state index in [-0.39, 0.29) is 5.92 Å². The van der Waals surface area contributed by atoms with Crippen molar-refractivity contribution in [2.75, 3.05) is 19.5 Å². The van der Waals surface area contributed by atoms with Gasteiger partial charge in [-0.2, -0.15) is 0 Å². The summed E-state index contributed by atoms with van der Waals surface area (Å²) in [5.74, 6) is -0.00501. The van der Waals surface area contributed by atoms with Crippen molar-refractivity contribution in [3.63, 3.8) is 0 Å². The quantitative estimate of drug-likeness (QED) is 0.787. The van der Waals surface area contributed by atoms with Gasteiger partial charge in [-0.3, -0.25) is 0 Å². The highest BCUT2D eigenvalue weighted by Gasteiger charge is 2.26. The first-order chi connectivity index (χ1) is 10.4. The van der Waals surface area contributed by atoms with E-state index in [4.69, 9.17) is 21.1 Å². The summed E-state index contributed by atoms with van der Waals surface area (Å²) in [5, 5.41) is 5.62. The van der Waals surface area contributed by atoms with Gasteiger partial charge in [0, 0.05) is 5.69 Å². The highest BCUT2D eigenvalue weighted by molar-refractivity contribution is 6.32. The monoisotopic (exact) mass is 328 g/mol. The number of hydrogen-bond donors (Lipinski definition) is 2. The van der Waals surface area contributed by atoms with Crippen LogP contribution < -0.4 is 15.4 Å². The van der Waals surface area contributed by atoms with Crippen LogP contribution in [0.1, 0.15) is 20.3 Å². The first kappa shape index (κ1) is 18.1. The van der Waals surface area contributed by atoms with E-state index in [1.807, 2.05) is 13.8 Å². The number of benzene rings is 1. The highest BCUT2D eigenvalue weighted by Crippen LogP contribution is 2.27. The van der Waals surface area contributed by atoms with Crippen molar-refractivity contribution in [2.24, 2.45) is 5.92 Å². The average Bonchev–Trinajstić information content (AvgIpc) is 2.51. The van der Waals surface area contributed by atoms with Gasteiger partial charge >= 0.3 is 12.0 Å². The van der Waals surface area contributed by atoms with Crippen LogP contribution in [0.5, 0.6) is 5.75 Å². The van der Waals surface area contributed by atoms with Crippen molar-refractivity contribution in [1.82, 2.24) is 5.32 Å². The minimum absolute atomic E-state index is 0.0438. The number of methoxy groups -OCH3 is 2. The third-order valence-corrected chi connectivity index (χ3v) is 3.66. The molecule has 0 saturated carbocycles. The summed E-state index contributed by atoms with van der Waals surface area (Å²) in [4.78, 5) is 23.8. The number of urea groups is 1. The molecule has 0 aliphatic rings. The third kappa shape index (κ3) is 4.80. The number of esters is 1. The lowest BCUT2D eigenvalue weighted by molar-refractivity contribution is -0.144. The van der Waals surface area contributed by atoms with Crippen LogP contribution in [0.3, 0.4) is 0 Å². The number of hydrogen-bond acceptors (Lipinski definition) is 4. The molecule has 1 aromatic carbocycles. The van der Waals surface area contributed by atoms with Gasteiger partial charge in [-0.15, -0.1) is 0 Å². The summed E-state index contributed by atoms with van der Waals surface area (Å²) in [6.07, 6.45) is 0.731. The molecule has 0 radical (unpaired) electrons. The number of rotatable bonds is 6. The topological polar surface area (TPSA) is 76.7 Å². The number of anilines is 1. The maximum absolute atomic E-state index is 12.0. The van der Waals surface area contributed by atoms with Gasteiger partial charge in [0.15, 0.2) is 0 Å². The maximum Gasteiger partial charge on any atom is 0.328 e. The molecular weight excluding hydrogens is 308 g/mol. The largest absolute Gasteiger partial charge is 0.495 e. The van der Waals surface area contributed by atoms with Gasteiger partial charge < -0.3 is 20.1 Å². The number of halogens is 1. The summed E-state index contributed by atoms with van der Waals surface area (Å²) in [6.45, 7) is 3.80. The van der Waals surface area contributed by atoms with Crippen LogP contribution in [-0.2, 0) is 9.53 Å². The molecule has 1 rings (SSSR count). The number of amides is 2. The van der Waals surface area contributed by atoms with E-state index >= 15 is 0 Å². The molecule has 0 fully saturated rings. The molecule has 1 aromatic rings. The van der Waals surface area contributed by atoms with Crippen LogP contribution in [-0.4, -0.2) is 32.3 Å². The molecule has 7 heteroatoms. The number of nitrogens with one attached hydrogen (secondary N) is 2. The van der Waals surface area contributed by atoms with E-state index in [0.717, 1.165) is 6.42 Å². The molecule has 122 valence electrons. The fraction of sp³-hybridized carbons (Fsp3) is 0.467. The summed E-state index contributed by atoms with van der Waals surface area (Å²) in [6, 6.07) is 3.65. The Labute approximate surface area is 135 Å². The smallest absolute Gasteiger partial charge is 0.328 e. The molecule has 0 aromatic heterocycles. The number of ether oxygens (including phenoxy) is 2. The number of carbonyl (C=O) groups excluding carboxylic acids is 2. The van der Waals surface area contributed by atoms with Gasteiger partial charge in [-0.25, -0.2) is 9.59 Å². The van der Waals surface area contributed by atoms with Crippen molar-refractivity contribution in [2.45, 2.75) is 26.3 Å². The molecule has 0 aliphatic heterocycles. The van der Waals surface area contributed by atoms with Crippen molar-refractivity contribution >= 4 is 29.3 Å². The summed E-state index contributed by atoms with van der Waals surface area (Å²) in [5.41, 5.74) is 0.496. The minimum Gasteiger partial charge on any atom is -0.495 e. The van der Waals surface area contributed by atoms with Gasteiger partial charge in [0.2, 0.25) is 0 Å². The Balaban J connectivity index is 2.75.